The van der Waals surface area contributed by atoms with Crippen molar-refractivity contribution in [3.63, 3.8) is 0 Å². The minimum Gasteiger partial charge on any atom is -0.384 e. The Bertz CT molecular complexity index is 599. The smallest absolute Gasteiger partial charge is 0.104 e. The minimum absolute atomic E-state index is 0.649. The van der Waals surface area contributed by atoms with Crippen LogP contribution in [-0.2, 0) is 0 Å². The molecule has 0 aliphatic carbocycles. The Hall–Kier alpha value is -0.830. The molecule has 1 atom stereocenters. The Balaban J connectivity index is 2.43. The predicted molar refractivity (Wildman–Crippen MR) is 83.9 cm³/mol. The Labute approximate surface area is 127 Å². The van der Waals surface area contributed by atoms with Gasteiger partial charge in [-0.15, -0.1) is 0 Å². The lowest BCUT2D eigenvalue weighted by Gasteiger charge is -2.15. The standard InChI is InChI=1S/C16H16BrClO/c1-9-4-5-12(8-14(9)18)16(19)13-6-10(2)15(17)11(3)7-13/h4-8,16,19H,1-3H3. The third kappa shape index (κ3) is 3.02. The zero-order chi connectivity index (χ0) is 14.2. The van der Waals surface area contributed by atoms with Gasteiger partial charge in [-0.05, 0) is 54.7 Å². The van der Waals surface area contributed by atoms with Gasteiger partial charge in [-0.1, -0.05) is 51.8 Å². The molecular formula is C16H16BrClO. The first-order valence-corrected chi connectivity index (χ1v) is 7.28. The number of benzene rings is 2. The number of hydrogen-bond donors (Lipinski definition) is 1. The molecule has 2 rings (SSSR count). The maximum atomic E-state index is 10.5. The molecule has 0 aliphatic heterocycles. The summed E-state index contributed by atoms with van der Waals surface area (Å²) >= 11 is 9.65. The third-order valence-corrected chi connectivity index (χ3v) is 4.94. The van der Waals surface area contributed by atoms with Crippen molar-refractivity contribution in [2.45, 2.75) is 26.9 Å². The second-order valence-electron chi connectivity index (χ2n) is 4.88. The van der Waals surface area contributed by atoms with E-state index in [0.717, 1.165) is 32.3 Å². The van der Waals surface area contributed by atoms with Crippen LogP contribution in [0.4, 0.5) is 0 Å². The van der Waals surface area contributed by atoms with Crippen molar-refractivity contribution in [2.24, 2.45) is 0 Å². The molecule has 0 aliphatic rings. The van der Waals surface area contributed by atoms with Crippen molar-refractivity contribution >= 4 is 27.5 Å². The van der Waals surface area contributed by atoms with Crippen LogP contribution in [0.2, 0.25) is 5.02 Å². The second-order valence-corrected chi connectivity index (χ2v) is 6.08. The highest BCUT2D eigenvalue weighted by molar-refractivity contribution is 9.10. The highest BCUT2D eigenvalue weighted by Gasteiger charge is 2.13. The lowest BCUT2D eigenvalue weighted by molar-refractivity contribution is 0.220. The van der Waals surface area contributed by atoms with E-state index in [4.69, 9.17) is 11.6 Å². The van der Waals surface area contributed by atoms with Crippen molar-refractivity contribution in [1.29, 1.82) is 0 Å². The average Bonchev–Trinajstić information content (AvgIpc) is 2.37. The van der Waals surface area contributed by atoms with Crippen LogP contribution in [0.3, 0.4) is 0 Å². The number of aliphatic hydroxyl groups excluding tert-OH is 1. The van der Waals surface area contributed by atoms with E-state index in [0.29, 0.717) is 5.02 Å². The fourth-order valence-corrected chi connectivity index (χ4v) is 2.53. The lowest BCUT2D eigenvalue weighted by Crippen LogP contribution is -2.01. The van der Waals surface area contributed by atoms with Crippen molar-refractivity contribution in [1.82, 2.24) is 0 Å². The summed E-state index contributed by atoms with van der Waals surface area (Å²) in [7, 11) is 0. The summed E-state index contributed by atoms with van der Waals surface area (Å²) < 4.78 is 1.09. The first-order valence-electron chi connectivity index (χ1n) is 6.11. The zero-order valence-electron chi connectivity index (χ0n) is 11.2. The summed E-state index contributed by atoms with van der Waals surface area (Å²) in [6.45, 7) is 6.00. The van der Waals surface area contributed by atoms with Crippen LogP contribution in [0.15, 0.2) is 34.8 Å². The van der Waals surface area contributed by atoms with Gasteiger partial charge < -0.3 is 5.11 Å². The summed E-state index contributed by atoms with van der Waals surface area (Å²) in [5.74, 6) is 0. The van der Waals surface area contributed by atoms with Crippen LogP contribution in [0.25, 0.3) is 0 Å². The van der Waals surface area contributed by atoms with Gasteiger partial charge in [0.25, 0.3) is 0 Å². The average molecular weight is 340 g/mol. The molecule has 0 spiro atoms. The molecule has 0 heterocycles. The maximum Gasteiger partial charge on any atom is 0.104 e. The number of rotatable bonds is 2. The summed E-state index contributed by atoms with van der Waals surface area (Å²) in [5, 5.41) is 11.2. The van der Waals surface area contributed by atoms with Gasteiger partial charge in [0.1, 0.15) is 6.10 Å². The predicted octanol–water partition coefficient (Wildman–Crippen LogP) is 5.11. The van der Waals surface area contributed by atoms with E-state index < -0.39 is 6.10 Å². The molecule has 0 bridgehead atoms. The van der Waals surface area contributed by atoms with E-state index >= 15 is 0 Å². The van der Waals surface area contributed by atoms with E-state index in [-0.39, 0.29) is 0 Å². The first-order chi connectivity index (χ1) is 8.90. The summed E-state index contributed by atoms with van der Waals surface area (Å²) in [4.78, 5) is 0. The molecule has 1 nitrogen and oxygen atoms in total. The second kappa shape index (κ2) is 5.66. The van der Waals surface area contributed by atoms with Crippen LogP contribution in [0.1, 0.15) is 33.9 Å². The SMILES string of the molecule is Cc1ccc(C(O)c2cc(C)c(Br)c(C)c2)cc1Cl. The molecule has 100 valence electrons. The topological polar surface area (TPSA) is 20.2 Å². The Morgan fingerprint density at radius 1 is 0.947 bits per heavy atom. The van der Waals surface area contributed by atoms with Crippen molar-refractivity contribution in [3.05, 3.63) is 67.6 Å². The van der Waals surface area contributed by atoms with Gasteiger partial charge in [-0.25, -0.2) is 0 Å². The van der Waals surface area contributed by atoms with Crippen LogP contribution in [0, 0.1) is 20.8 Å². The molecule has 0 amide bonds. The van der Waals surface area contributed by atoms with Crippen molar-refractivity contribution < 1.29 is 5.11 Å². The summed E-state index contributed by atoms with van der Waals surface area (Å²) in [6, 6.07) is 9.66. The number of aliphatic hydroxyl groups is 1. The Morgan fingerprint density at radius 2 is 1.53 bits per heavy atom. The van der Waals surface area contributed by atoms with Gasteiger partial charge in [0.05, 0.1) is 0 Å². The van der Waals surface area contributed by atoms with E-state index in [9.17, 15) is 5.11 Å². The third-order valence-electron chi connectivity index (χ3n) is 3.29. The van der Waals surface area contributed by atoms with E-state index in [1.807, 2.05) is 51.1 Å². The number of halogens is 2. The molecule has 2 aromatic rings. The van der Waals surface area contributed by atoms with E-state index in [1.54, 1.807) is 0 Å². The molecule has 0 saturated carbocycles. The molecule has 0 fully saturated rings. The van der Waals surface area contributed by atoms with Gasteiger partial charge in [-0.3, -0.25) is 0 Å². The van der Waals surface area contributed by atoms with Gasteiger partial charge in [0.15, 0.2) is 0 Å². The van der Waals surface area contributed by atoms with E-state index in [2.05, 4.69) is 15.9 Å². The Kier molecular flexibility index (Phi) is 4.34. The summed E-state index contributed by atoms with van der Waals surface area (Å²) in [6.07, 6.45) is -0.649. The van der Waals surface area contributed by atoms with Gasteiger partial charge in [-0.2, -0.15) is 0 Å². The highest BCUT2D eigenvalue weighted by atomic mass is 79.9. The largest absolute Gasteiger partial charge is 0.384 e. The molecular weight excluding hydrogens is 324 g/mol. The fraction of sp³-hybridized carbons (Fsp3) is 0.250. The quantitative estimate of drug-likeness (QED) is 0.806. The lowest BCUT2D eigenvalue weighted by atomic mass is 9.97. The van der Waals surface area contributed by atoms with Crippen LogP contribution in [-0.4, -0.2) is 5.11 Å². The van der Waals surface area contributed by atoms with Crippen LogP contribution < -0.4 is 0 Å². The van der Waals surface area contributed by atoms with Crippen LogP contribution >= 0.6 is 27.5 Å². The first kappa shape index (κ1) is 14.6. The van der Waals surface area contributed by atoms with E-state index in [1.165, 1.54) is 0 Å². The zero-order valence-corrected chi connectivity index (χ0v) is 13.5. The molecule has 1 N–H and O–H groups in total. The number of hydrogen-bond acceptors (Lipinski definition) is 1. The van der Waals surface area contributed by atoms with Crippen molar-refractivity contribution in [3.8, 4) is 0 Å². The van der Waals surface area contributed by atoms with Gasteiger partial charge >= 0.3 is 0 Å². The van der Waals surface area contributed by atoms with Crippen LogP contribution in [0.5, 0.6) is 0 Å². The molecule has 3 heteroatoms. The maximum absolute atomic E-state index is 10.5. The minimum atomic E-state index is -0.649. The highest BCUT2D eigenvalue weighted by Crippen LogP contribution is 2.30. The molecule has 1 unspecified atom stereocenters. The Morgan fingerprint density at radius 3 is 2.05 bits per heavy atom. The van der Waals surface area contributed by atoms with Gasteiger partial charge in [0, 0.05) is 9.50 Å². The molecule has 19 heavy (non-hydrogen) atoms. The fourth-order valence-electron chi connectivity index (χ4n) is 2.11. The van der Waals surface area contributed by atoms with Crippen molar-refractivity contribution in [2.75, 3.05) is 0 Å². The summed E-state index contributed by atoms with van der Waals surface area (Å²) in [5.41, 5.74) is 4.95. The number of aryl methyl sites for hydroxylation is 3. The van der Waals surface area contributed by atoms with Gasteiger partial charge in [0.2, 0.25) is 0 Å². The molecule has 0 aromatic heterocycles. The normalized spacial score (nSPS) is 12.5. The molecule has 0 radical (unpaired) electrons. The monoisotopic (exact) mass is 338 g/mol. The molecule has 0 saturated heterocycles. The molecule has 2 aromatic carbocycles.